The fourth-order valence-corrected chi connectivity index (χ4v) is 3.95. The zero-order chi connectivity index (χ0) is 16.5. The zero-order valence-electron chi connectivity index (χ0n) is 14.6. The minimum Gasteiger partial charge on any atom is -0.369 e. The Bertz CT molecular complexity index is 585. The maximum atomic E-state index is 12.7. The second-order valence-corrected chi connectivity index (χ2v) is 7.64. The Morgan fingerprint density at radius 2 is 1.92 bits per heavy atom. The standard InChI is InChI=1S/C19H28N4O/c1-14-13-20-8-7-17(14)22-9-2-10-23(12-11-22)19(24)21-18(15-3-4-15)16-5-6-16/h7-8,13,15-16,18H,2-6,9-12H2,1H3,(H,21,24). The average Bonchev–Trinajstić information content (AvgIpc) is 3.47. The van der Waals surface area contributed by atoms with E-state index in [1.807, 2.05) is 17.3 Å². The van der Waals surface area contributed by atoms with E-state index in [2.05, 4.69) is 28.2 Å². The normalized spacial score (nSPS) is 21.8. The van der Waals surface area contributed by atoms with E-state index >= 15 is 0 Å². The molecule has 0 radical (unpaired) electrons. The summed E-state index contributed by atoms with van der Waals surface area (Å²) in [6.07, 6.45) is 10.0. The van der Waals surface area contributed by atoms with E-state index in [9.17, 15) is 4.79 Å². The van der Waals surface area contributed by atoms with Crippen molar-refractivity contribution in [2.45, 2.75) is 45.1 Å². The average molecular weight is 328 g/mol. The molecule has 0 unspecified atom stereocenters. The molecule has 0 bridgehead atoms. The molecule has 1 saturated heterocycles. The first kappa shape index (κ1) is 15.7. The molecule has 2 heterocycles. The van der Waals surface area contributed by atoms with Crippen LogP contribution < -0.4 is 10.2 Å². The number of rotatable bonds is 4. The van der Waals surface area contributed by atoms with Gasteiger partial charge in [-0.15, -0.1) is 0 Å². The molecule has 2 amide bonds. The van der Waals surface area contributed by atoms with Crippen molar-refractivity contribution in [3.05, 3.63) is 24.0 Å². The molecule has 2 aliphatic carbocycles. The van der Waals surface area contributed by atoms with Gasteiger partial charge in [-0.05, 0) is 62.5 Å². The third-order valence-electron chi connectivity index (χ3n) is 5.66. The van der Waals surface area contributed by atoms with Gasteiger partial charge >= 0.3 is 6.03 Å². The number of hydrogen-bond donors (Lipinski definition) is 1. The molecule has 2 saturated carbocycles. The molecule has 5 nitrogen and oxygen atoms in total. The predicted molar refractivity (Wildman–Crippen MR) is 95.1 cm³/mol. The summed E-state index contributed by atoms with van der Waals surface area (Å²) in [4.78, 5) is 21.3. The fourth-order valence-electron chi connectivity index (χ4n) is 3.95. The van der Waals surface area contributed by atoms with Crippen LogP contribution >= 0.6 is 0 Å². The number of urea groups is 1. The number of carbonyl (C=O) groups is 1. The SMILES string of the molecule is Cc1cnccc1N1CCCN(C(=O)NC(C2CC2)C2CC2)CC1. The Kier molecular flexibility index (Phi) is 4.33. The van der Waals surface area contributed by atoms with Crippen LogP contribution in [-0.2, 0) is 0 Å². The highest BCUT2D eigenvalue weighted by atomic mass is 16.2. The van der Waals surface area contributed by atoms with Crippen LogP contribution in [-0.4, -0.2) is 48.1 Å². The van der Waals surface area contributed by atoms with Gasteiger partial charge in [0.05, 0.1) is 0 Å². The Balaban J connectivity index is 1.35. The zero-order valence-corrected chi connectivity index (χ0v) is 14.6. The lowest BCUT2D eigenvalue weighted by Gasteiger charge is -2.26. The van der Waals surface area contributed by atoms with Gasteiger partial charge in [0.1, 0.15) is 0 Å². The minimum atomic E-state index is 0.159. The van der Waals surface area contributed by atoms with E-state index in [1.54, 1.807) is 0 Å². The van der Waals surface area contributed by atoms with Crippen molar-refractivity contribution < 1.29 is 4.79 Å². The molecule has 3 fully saturated rings. The largest absolute Gasteiger partial charge is 0.369 e. The third kappa shape index (κ3) is 3.50. The second kappa shape index (κ2) is 6.61. The molecule has 130 valence electrons. The van der Waals surface area contributed by atoms with E-state index in [0.29, 0.717) is 6.04 Å². The van der Waals surface area contributed by atoms with Crippen molar-refractivity contribution >= 4 is 11.7 Å². The number of aryl methyl sites for hydroxylation is 1. The van der Waals surface area contributed by atoms with Crippen molar-refractivity contribution in [2.24, 2.45) is 11.8 Å². The first-order chi connectivity index (χ1) is 11.7. The first-order valence-corrected chi connectivity index (χ1v) is 9.43. The van der Waals surface area contributed by atoms with Crippen LogP contribution in [0.2, 0.25) is 0 Å². The molecule has 5 heteroatoms. The van der Waals surface area contributed by atoms with Gasteiger partial charge in [0, 0.05) is 50.3 Å². The molecule has 3 aliphatic rings. The molecule has 0 atom stereocenters. The molecule has 0 aromatic carbocycles. The molecule has 0 spiro atoms. The highest BCUT2D eigenvalue weighted by Gasteiger charge is 2.42. The number of pyridine rings is 1. The number of hydrogen-bond acceptors (Lipinski definition) is 3. The lowest BCUT2D eigenvalue weighted by Crippen LogP contribution is -2.47. The topological polar surface area (TPSA) is 48.5 Å². The van der Waals surface area contributed by atoms with E-state index in [-0.39, 0.29) is 6.03 Å². The monoisotopic (exact) mass is 328 g/mol. The lowest BCUT2D eigenvalue weighted by atomic mass is 10.1. The molecular weight excluding hydrogens is 300 g/mol. The summed E-state index contributed by atoms with van der Waals surface area (Å²) >= 11 is 0. The summed E-state index contributed by atoms with van der Waals surface area (Å²) in [5, 5.41) is 3.36. The molecule has 1 aromatic heterocycles. The maximum Gasteiger partial charge on any atom is 0.317 e. The second-order valence-electron chi connectivity index (χ2n) is 7.64. The van der Waals surface area contributed by atoms with Crippen LogP contribution in [0, 0.1) is 18.8 Å². The van der Waals surface area contributed by atoms with Crippen LogP contribution in [0.5, 0.6) is 0 Å². The number of aromatic nitrogens is 1. The van der Waals surface area contributed by atoms with Crippen LogP contribution in [0.3, 0.4) is 0 Å². The Labute approximate surface area is 144 Å². The minimum absolute atomic E-state index is 0.159. The number of nitrogens with zero attached hydrogens (tertiary/aromatic N) is 3. The summed E-state index contributed by atoms with van der Waals surface area (Å²) in [7, 11) is 0. The third-order valence-corrected chi connectivity index (χ3v) is 5.66. The molecule has 24 heavy (non-hydrogen) atoms. The van der Waals surface area contributed by atoms with E-state index < -0.39 is 0 Å². The van der Waals surface area contributed by atoms with E-state index in [0.717, 1.165) is 44.4 Å². The van der Waals surface area contributed by atoms with Crippen LogP contribution in [0.15, 0.2) is 18.5 Å². The number of anilines is 1. The van der Waals surface area contributed by atoms with Crippen molar-refractivity contribution in [1.82, 2.24) is 15.2 Å². The van der Waals surface area contributed by atoms with Crippen LogP contribution in [0.1, 0.15) is 37.7 Å². The van der Waals surface area contributed by atoms with Gasteiger partial charge in [-0.1, -0.05) is 0 Å². The van der Waals surface area contributed by atoms with Gasteiger partial charge in [0.25, 0.3) is 0 Å². The number of nitrogens with one attached hydrogen (secondary N) is 1. The fraction of sp³-hybridized carbons (Fsp3) is 0.684. The van der Waals surface area contributed by atoms with Gasteiger partial charge in [-0.3, -0.25) is 4.98 Å². The van der Waals surface area contributed by atoms with Gasteiger partial charge in [0.15, 0.2) is 0 Å². The van der Waals surface area contributed by atoms with E-state index in [1.165, 1.54) is 36.9 Å². The molecular formula is C19H28N4O. The highest BCUT2D eigenvalue weighted by molar-refractivity contribution is 5.75. The van der Waals surface area contributed by atoms with Crippen molar-refractivity contribution in [3.8, 4) is 0 Å². The van der Waals surface area contributed by atoms with Crippen LogP contribution in [0.25, 0.3) is 0 Å². The van der Waals surface area contributed by atoms with Crippen molar-refractivity contribution in [1.29, 1.82) is 0 Å². The summed E-state index contributed by atoms with van der Waals surface area (Å²) in [5.74, 6) is 1.51. The van der Waals surface area contributed by atoms with E-state index in [4.69, 9.17) is 0 Å². The quantitative estimate of drug-likeness (QED) is 0.924. The van der Waals surface area contributed by atoms with Gasteiger partial charge in [-0.2, -0.15) is 0 Å². The molecule has 4 rings (SSSR count). The summed E-state index contributed by atoms with van der Waals surface area (Å²) in [5.41, 5.74) is 2.46. The Morgan fingerprint density at radius 3 is 2.58 bits per heavy atom. The van der Waals surface area contributed by atoms with Gasteiger partial charge in [-0.25, -0.2) is 4.79 Å². The van der Waals surface area contributed by atoms with Crippen molar-refractivity contribution in [3.63, 3.8) is 0 Å². The number of carbonyl (C=O) groups excluding carboxylic acids is 1. The summed E-state index contributed by atoms with van der Waals surface area (Å²) in [6, 6.07) is 2.69. The van der Waals surface area contributed by atoms with Crippen molar-refractivity contribution in [2.75, 3.05) is 31.1 Å². The predicted octanol–water partition coefficient (Wildman–Crippen LogP) is 2.80. The van der Waals surface area contributed by atoms with Gasteiger partial charge < -0.3 is 15.1 Å². The Hall–Kier alpha value is -1.78. The maximum absolute atomic E-state index is 12.7. The molecule has 1 aliphatic heterocycles. The number of amides is 2. The van der Waals surface area contributed by atoms with Crippen LogP contribution in [0.4, 0.5) is 10.5 Å². The first-order valence-electron chi connectivity index (χ1n) is 9.43. The van der Waals surface area contributed by atoms with Gasteiger partial charge in [0.2, 0.25) is 0 Å². The highest BCUT2D eigenvalue weighted by Crippen LogP contribution is 2.44. The Morgan fingerprint density at radius 1 is 1.17 bits per heavy atom. The smallest absolute Gasteiger partial charge is 0.317 e. The summed E-state index contributed by atoms with van der Waals surface area (Å²) < 4.78 is 0. The molecule has 1 aromatic rings. The molecule has 1 N–H and O–H groups in total. The summed E-state index contributed by atoms with van der Waals surface area (Å²) in [6.45, 7) is 5.66. The lowest BCUT2D eigenvalue weighted by molar-refractivity contribution is 0.193.